The second-order valence-corrected chi connectivity index (χ2v) is 5.78. The van der Waals surface area contributed by atoms with Gasteiger partial charge in [0.15, 0.2) is 11.5 Å². The second-order valence-electron chi connectivity index (χ2n) is 4.49. The van der Waals surface area contributed by atoms with Crippen LogP contribution in [0.1, 0.15) is 22.8 Å². The third-order valence-corrected chi connectivity index (χ3v) is 3.69. The number of aromatic hydroxyl groups is 1. The zero-order valence-corrected chi connectivity index (χ0v) is 14.6. The maximum Gasteiger partial charge on any atom is 0.271 e. The van der Waals surface area contributed by atoms with Gasteiger partial charge in [-0.3, -0.25) is 4.79 Å². The molecule has 0 atom stereocenters. The Morgan fingerprint density at radius 2 is 2.09 bits per heavy atom. The molecule has 0 saturated carbocycles. The highest BCUT2D eigenvalue weighted by molar-refractivity contribution is 9.10. The second kappa shape index (κ2) is 7.99. The summed E-state index contributed by atoms with van der Waals surface area (Å²) in [7, 11) is 0. The summed E-state index contributed by atoms with van der Waals surface area (Å²) in [5, 5.41) is 14.3. The number of amides is 1. The van der Waals surface area contributed by atoms with Gasteiger partial charge in [0, 0.05) is 10.6 Å². The lowest BCUT2D eigenvalue weighted by Gasteiger charge is -2.08. The maximum atomic E-state index is 11.9. The lowest BCUT2D eigenvalue weighted by molar-refractivity contribution is 0.0955. The Bertz CT molecular complexity index is 733. The Labute approximate surface area is 147 Å². The largest absolute Gasteiger partial charge is 0.503 e. The molecular weight excluding hydrogens is 384 g/mol. The average Bonchev–Trinajstić information content (AvgIpc) is 2.53. The Hall–Kier alpha value is -2.05. The first-order valence-electron chi connectivity index (χ1n) is 6.75. The highest BCUT2D eigenvalue weighted by Crippen LogP contribution is 2.34. The van der Waals surface area contributed by atoms with Crippen molar-refractivity contribution in [2.75, 3.05) is 6.61 Å². The van der Waals surface area contributed by atoms with Gasteiger partial charge >= 0.3 is 0 Å². The van der Waals surface area contributed by atoms with Crippen LogP contribution in [0.3, 0.4) is 0 Å². The molecule has 2 aromatic rings. The fourth-order valence-electron chi connectivity index (χ4n) is 1.77. The number of nitrogens with one attached hydrogen (secondary N) is 1. The first-order valence-corrected chi connectivity index (χ1v) is 7.92. The molecule has 120 valence electrons. The van der Waals surface area contributed by atoms with Gasteiger partial charge in [0.2, 0.25) is 0 Å². The number of phenolic OH excluding ortho intramolecular Hbond substituents is 1. The van der Waals surface area contributed by atoms with Gasteiger partial charge in [-0.05, 0) is 64.8 Å². The minimum atomic E-state index is -0.346. The van der Waals surface area contributed by atoms with Crippen LogP contribution >= 0.6 is 27.5 Å². The number of hydrazone groups is 1. The molecule has 0 heterocycles. The average molecular weight is 398 g/mol. The SMILES string of the molecule is CCOc1cc(/C=N/NC(=O)c2ccc(Cl)cc2)cc(Br)c1O. The first kappa shape index (κ1) is 17.3. The third kappa shape index (κ3) is 4.71. The molecular formula is C16H14BrClN2O3. The van der Waals surface area contributed by atoms with Crippen molar-refractivity contribution in [2.45, 2.75) is 6.92 Å². The monoisotopic (exact) mass is 396 g/mol. The topological polar surface area (TPSA) is 70.9 Å². The molecule has 1 amide bonds. The van der Waals surface area contributed by atoms with E-state index in [1.807, 2.05) is 6.92 Å². The minimum absolute atomic E-state index is 0.0224. The van der Waals surface area contributed by atoms with Crippen LogP contribution in [0, 0.1) is 0 Å². The fraction of sp³-hybridized carbons (Fsp3) is 0.125. The molecule has 0 spiro atoms. The molecule has 7 heteroatoms. The summed E-state index contributed by atoms with van der Waals surface area (Å²) in [6, 6.07) is 9.77. The number of carbonyl (C=O) groups excluding carboxylic acids is 1. The summed E-state index contributed by atoms with van der Waals surface area (Å²) in [6.07, 6.45) is 1.46. The van der Waals surface area contributed by atoms with Gasteiger partial charge in [0.25, 0.3) is 5.91 Å². The number of hydrogen-bond donors (Lipinski definition) is 2. The van der Waals surface area contributed by atoms with Crippen LogP contribution in [0.5, 0.6) is 11.5 Å². The van der Waals surface area contributed by atoms with E-state index >= 15 is 0 Å². The van der Waals surface area contributed by atoms with Crippen LogP contribution in [-0.4, -0.2) is 23.8 Å². The molecule has 0 bridgehead atoms. The predicted molar refractivity (Wildman–Crippen MR) is 93.5 cm³/mol. The number of phenols is 1. The van der Waals surface area contributed by atoms with Crippen molar-refractivity contribution in [2.24, 2.45) is 5.10 Å². The number of rotatable bonds is 5. The molecule has 0 aliphatic heterocycles. The molecule has 0 saturated heterocycles. The molecule has 2 aromatic carbocycles. The summed E-state index contributed by atoms with van der Waals surface area (Å²) in [5.41, 5.74) is 3.54. The van der Waals surface area contributed by atoms with Crippen molar-refractivity contribution >= 4 is 39.7 Å². The molecule has 0 unspecified atom stereocenters. The van der Waals surface area contributed by atoms with Crippen molar-refractivity contribution in [1.29, 1.82) is 0 Å². The zero-order valence-electron chi connectivity index (χ0n) is 12.2. The van der Waals surface area contributed by atoms with E-state index in [9.17, 15) is 9.90 Å². The summed E-state index contributed by atoms with van der Waals surface area (Å²) < 4.78 is 5.81. The molecule has 5 nitrogen and oxygen atoms in total. The Morgan fingerprint density at radius 1 is 1.39 bits per heavy atom. The van der Waals surface area contributed by atoms with Crippen LogP contribution in [0.2, 0.25) is 5.02 Å². The van der Waals surface area contributed by atoms with Gasteiger partial charge in [-0.25, -0.2) is 5.43 Å². The van der Waals surface area contributed by atoms with Crippen molar-refractivity contribution in [3.05, 3.63) is 57.0 Å². The number of halogens is 2. The fourth-order valence-corrected chi connectivity index (χ4v) is 2.35. The molecule has 0 aromatic heterocycles. The van der Waals surface area contributed by atoms with Gasteiger partial charge in [-0.15, -0.1) is 0 Å². The summed E-state index contributed by atoms with van der Waals surface area (Å²) >= 11 is 9.01. The molecule has 2 rings (SSSR count). The van der Waals surface area contributed by atoms with E-state index in [1.165, 1.54) is 6.21 Å². The van der Waals surface area contributed by atoms with E-state index in [4.69, 9.17) is 16.3 Å². The van der Waals surface area contributed by atoms with E-state index in [0.717, 1.165) is 0 Å². The molecule has 0 aliphatic carbocycles. The van der Waals surface area contributed by atoms with Gasteiger partial charge in [-0.2, -0.15) is 5.10 Å². The number of benzene rings is 2. The molecule has 23 heavy (non-hydrogen) atoms. The van der Waals surface area contributed by atoms with E-state index in [1.54, 1.807) is 36.4 Å². The highest BCUT2D eigenvalue weighted by atomic mass is 79.9. The lowest BCUT2D eigenvalue weighted by atomic mass is 10.2. The van der Waals surface area contributed by atoms with E-state index in [0.29, 0.717) is 33.0 Å². The number of carbonyl (C=O) groups is 1. The van der Waals surface area contributed by atoms with Crippen LogP contribution in [0.15, 0.2) is 46.0 Å². The predicted octanol–water partition coefficient (Wildman–Crippen LogP) is 3.97. The van der Waals surface area contributed by atoms with Crippen LogP contribution in [0.25, 0.3) is 0 Å². The van der Waals surface area contributed by atoms with Crippen molar-refractivity contribution in [3.63, 3.8) is 0 Å². The summed E-state index contributed by atoms with van der Waals surface area (Å²) in [4.78, 5) is 11.9. The van der Waals surface area contributed by atoms with Crippen LogP contribution < -0.4 is 10.2 Å². The standard InChI is InChI=1S/C16H14BrClN2O3/c1-2-23-14-8-10(7-13(17)15(14)21)9-19-20-16(22)11-3-5-12(18)6-4-11/h3-9,21H,2H2,1H3,(H,20,22)/b19-9+. The summed E-state index contributed by atoms with van der Waals surface area (Å²) in [5.74, 6) is 0.0161. The van der Waals surface area contributed by atoms with E-state index in [-0.39, 0.29) is 11.7 Å². The smallest absolute Gasteiger partial charge is 0.271 e. The van der Waals surface area contributed by atoms with Crippen molar-refractivity contribution in [1.82, 2.24) is 5.43 Å². The Balaban J connectivity index is 2.08. The number of hydrogen-bond acceptors (Lipinski definition) is 4. The molecule has 0 radical (unpaired) electrons. The number of ether oxygens (including phenoxy) is 1. The Kier molecular flexibility index (Phi) is 6.01. The first-order chi connectivity index (χ1) is 11.0. The quantitative estimate of drug-likeness (QED) is 0.592. The molecule has 0 aliphatic rings. The van der Waals surface area contributed by atoms with Crippen LogP contribution in [0.4, 0.5) is 0 Å². The Morgan fingerprint density at radius 3 is 2.74 bits per heavy atom. The van der Waals surface area contributed by atoms with Gasteiger partial charge in [-0.1, -0.05) is 11.6 Å². The number of nitrogens with zero attached hydrogens (tertiary/aromatic N) is 1. The molecule has 0 fully saturated rings. The van der Waals surface area contributed by atoms with Crippen LogP contribution in [-0.2, 0) is 0 Å². The zero-order chi connectivity index (χ0) is 16.8. The van der Waals surface area contributed by atoms with Gasteiger partial charge < -0.3 is 9.84 Å². The normalized spacial score (nSPS) is 10.7. The van der Waals surface area contributed by atoms with Crippen molar-refractivity contribution < 1.29 is 14.6 Å². The molecule has 2 N–H and O–H groups in total. The highest BCUT2D eigenvalue weighted by Gasteiger charge is 2.08. The maximum absolute atomic E-state index is 11.9. The van der Waals surface area contributed by atoms with Gasteiger partial charge in [0.05, 0.1) is 17.3 Å². The van der Waals surface area contributed by atoms with Crippen molar-refractivity contribution in [3.8, 4) is 11.5 Å². The van der Waals surface area contributed by atoms with E-state index < -0.39 is 0 Å². The minimum Gasteiger partial charge on any atom is -0.503 e. The lowest BCUT2D eigenvalue weighted by Crippen LogP contribution is -2.17. The van der Waals surface area contributed by atoms with E-state index in [2.05, 4.69) is 26.5 Å². The third-order valence-electron chi connectivity index (χ3n) is 2.84. The summed E-state index contributed by atoms with van der Waals surface area (Å²) in [6.45, 7) is 2.24. The van der Waals surface area contributed by atoms with Gasteiger partial charge in [0.1, 0.15) is 0 Å².